The van der Waals surface area contributed by atoms with E-state index in [4.69, 9.17) is 17.0 Å². The van der Waals surface area contributed by atoms with E-state index in [1.165, 1.54) is 12.1 Å². The van der Waals surface area contributed by atoms with Crippen molar-refractivity contribution in [1.29, 1.82) is 0 Å². The standard InChI is InChI=1S/C25H21FN4O3S/c1-2-33-24(32)17-9-13-19(14-10-17)27-25(34)29-28-22-20-5-3-4-6-21(20)30(23(22)31)15-16-7-11-18(26)12-8-16/h3-14,31H,2,15H2,1H3,(H,27,34). The van der Waals surface area contributed by atoms with Gasteiger partial charge in [0.25, 0.3) is 0 Å². The summed E-state index contributed by atoms with van der Waals surface area (Å²) in [5.41, 5.74) is 2.91. The molecule has 0 spiro atoms. The van der Waals surface area contributed by atoms with Crippen LogP contribution in [0.1, 0.15) is 22.8 Å². The van der Waals surface area contributed by atoms with Gasteiger partial charge in [-0.05, 0) is 67.2 Å². The number of ether oxygens (including phenoxy) is 1. The van der Waals surface area contributed by atoms with E-state index in [1.807, 2.05) is 24.3 Å². The first kappa shape index (κ1) is 23.1. The van der Waals surface area contributed by atoms with Gasteiger partial charge in [-0.15, -0.1) is 10.2 Å². The molecule has 0 atom stereocenters. The third kappa shape index (κ3) is 5.10. The topological polar surface area (TPSA) is 88.2 Å². The number of carbonyl (C=O) groups excluding carboxylic acids is 1. The molecule has 0 radical (unpaired) electrons. The van der Waals surface area contributed by atoms with Crippen LogP contribution in [-0.4, -0.2) is 27.4 Å². The van der Waals surface area contributed by atoms with Gasteiger partial charge in [-0.25, -0.2) is 9.18 Å². The molecule has 0 saturated heterocycles. The van der Waals surface area contributed by atoms with E-state index in [0.29, 0.717) is 29.8 Å². The molecule has 1 heterocycles. The van der Waals surface area contributed by atoms with Crippen LogP contribution in [0.5, 0.6) is 5.88 Å². The van der Waals surface area contributed by atoms with Crippen molar-refractivity contribution >= 4 is 45.6 Å². The van der Waals surface area contributed by atoms with Crippen LogP contribution in [0.3, 0.4) is 0 Å². The normalized spacial score (nSPS) is 11.1. The fraction of sp³-hybridized carbons (Fsp3) is 0.120. The van der Waals surface area contributed by atoms with Crippen molar-refractivity contribution in [3.05, 3.63) is 89.7 Å². The number of benzene rings is 3. The van der Waals surface area contributed by atoms with E-state index >= 15 is 0 Å². The highest BCUT2D eigenvalue weighted by Gasteiger charge is 2.17. The van der Waals surface area contributed by atoms with Crippen molar-refractivity contribution in [3.63, 3.8) is 0 Å². The largest absolute Gasteiger partial charge is 0.493 e. The number of nitrogens with one attached hydrogen (secondary N) is 1. The lowest BCUT2D eigenvalue weighted by Gasteiger charge is -2.07. The molecule has 0 aliphatic heterocycles. The van der Waals surface area contributed by atoms with E-state index in [-0.39, 0.29) is 22.5 Å². The third-order valence-electron chi connectivity index (χ3n) is 5.06. The third-order valence-corrected chi connectivity index (χ3v) is 5.24. The number of rotatable bonds is 6. The molecular formula is C25H21FN4O3S. The lowest BCUT2D eigenvalue weighted by Crippen LogP contribution is -2.07. The highest BCUT2D eigenvalue weighted by molar-refractivity contribution is 7.80. The molecule has 0 saturated carbocycles. The Morgan fingerprint density at radius 1 is 1.09 bits per heavy atom. The molecule has 7 nitrogen and oxygen atoms in total. The predicted octanol–water partition coefficient (Wildman–Crippen LogP) is 6.19. The number of para-hydroxylation sites is 1. The van der Waals surface area contributed by atoms with Crippen molar-refractivity contribution in [2.75, 3.05) is 11.9 Å². The van der Waals surface area contributed by atoms with Crippen molar-refractivity contribution in [3.8, 4) is 5.88 Å². The fourth-order valence-corrected chi connectivity index (χ4v) is 3.61. The molecule has 0 amide bonds. The quantitative estimate of drug-likeness (QED) is 0.197. The van der Waals surface area contributed by atoms with E-state index in [9.17, 15) is 14.3 Å². The Balaban J connectivity index is 1.54. The van der Waals surface area contributed by atoms with Gasteiger partial charge in [0.15, 0.2) is 5.69 Å². The molecule has 3 aromatic carbocycles. The number of nitrogens with zero attached hydrogens (tertiary/aromatic N) is 3. The van der Waals surface area contributed by atoms with Gasteiger partial charge in [0.1, 0.15) is 5.82 Å². The summed E-state index contributed by atoms with van der Waals surface area (Å²) in [6, 6.07) is 20.1. The molecule has 1 aromatic heterocycles. The summed E-state index contributed by atoms with van der Waals surface area (Å²) in [4.78, 5) is 11.8. The summed E-state index contributed by atoms with van der Waals surface area (Å²) >= 11 is 5.26. The zero-order chi connectivity index (χ0) is 24.1. The predicted molar refractivity (Wildman–Crippen MR) is 132 cm³/mol. The van der Waals surface area contributed by atoms with E-state index < -0.39 is 5.97 Å². The maximum Gasteiger partial charge on any atom is 0.338 e. The molecule has 0 fully saturated rings. The van der Waals surface area contributed by atoms with Crippen LogP contribution in [0.15, 0.2) is 83.0 Å². The SMILES string of the molecule is CCOC(=O)c1ccc(NC(=S)N=Nc2c(O)n(Cc3ccc(F)cc3)c3ccccc23)cc1. The van der Waals surface area contributed by atoms with Gasteiger partial charge < -0.3 is 19.7 Å². The zero-order valence-corrected chi connectivity index (χ0v) is 19.1. The van der Waals surface area contributed by atoms with Crippen LogP contribution >= 0.6 is 12.2 Å². The maximum absolute atomic E-state index is 13.3. The number of hydrogen-bond acceptors (Lipinski definition) is 5. The average Bonchev–Trinajstić information content (AvgIpc) is 3.10. The smallest absolute Gasteiger partial charge is 0.338 e. The number of hydrogen-bond donors (Lipinski definition) is 2. The number of thiocarbonyl (C=S) groups is 1. The first-order valence-corrected chi connectivity index (χ1v) is 10.9. The summed E-state index contributed by atoms with van der Waals surface area (Å²) in [6.07, 6.45) is 0. The minimum absolute atomic E-state index is 0.0733. The van der Waals surface area contributed by atoms with Crippen LogP contribution in [0, 0.1) is 5.82 Å². The van der Waals surface area contributed by atoms with Crippen molar-refractivity contribution < 1.29 is 19.0 Å². The molecule has 0 aliphatic rings. The van der Waals surface area contributed by atoms with Crippen molar-refractivity contribution in [2.24, 2.45) is 10.2 Å². The Morgan fingerprint density at radius 3 is 2.50 bits per heavy atom. The van der Waals surface area contributed by atoms with Gasteiger partial charge in [-0.3, -0.25) is 0 Å². The first-order chi connectivity index (χ1) is 16.5. The highest BCUT2D eigenvalue weighted by atomic mass is 32.1. The first-order valence-electron chi connectivity index (χ1n) is 10.5. The Kier molecular flexibility index (Phi) is 6.93. The van der Waals surface area contributed by atoms with Crippen LogP contribution < -0.4 is 5.32 Å². The highest BCUT2D eigenvalue weighted by Crippen LogP contribution is 2.39. The second kappa shape index (κ2) is 10.2. The maximum atomic E-state index is 13.3. The van der Waals surface area contributed by atoms with Crippen LogP contribution in [0.2, 0.25) is 0 Å². The van der Waals surface area contributed by atoms with Gasteiger partial charge in [0.2, 0.25) is 11.0 Å². The van der Waals surface area contributed by atoms with E-state index in [1.54, 1.807) is 47.9 Å². The van der Waals surface area contributed by atoms with Gasteiger partial charge in [0, 0.05) is 11.1 Å². The number of esters is 1. The van der Waals surface area contributed by atoms with Gasteiger partial charge in [-0.2, -0.15) is 0 Å². The van der Waals surface area contributed by atoms with Gasteiger partial charge in [-0.1, -0.05) is 30.3 Å². The molecule has 34 heavy (non-hydrogen) atoms. The molecule has 0 bridgehead atoms. The Labute approximate surface area is 200 Å². The molecule has 4 aromatic rings. The summed E-state index contributed by atoms with van der Waals surface area (Å²) in [5, 5.41) is 22.8. The van der Waals surface area contributed by atoms with E-state index in [0.717, 1.165) is 11.1 Å². The molecule has 4 rings (SSSR count). The zero-order valence-electron chi connectivity index (χ0n) is 18.2. The molecular weight excluding hydrogens is 455 g/mol. The summed E-state index contributed by atoms with van der Waals surface area (Å²) < 4.78 is 19.9. The molecule has 2 N–H and O–H groups in total. The van der Waals surface area contributed by atoms with Crippen molar-refractivity contribution in [2.45, 2.75) is 13.5 Å². The van der Waals surface area contributed by atoms with Crippen molar-refractivity contribution in [1.82, 2.24) is 4.57 Å². The fourth-order valence-electron chi connectivity index (χ4n) is 3.45. The number of carbonyl (C=O) groups is 1. The minimum atomic E-state index is -0.399. The van der Waals surface area contributed by atoms with Gasteiger partial charge in [0.05, 0.1) is 24.2 Å². The van der Waals surface area contributed by atoms with Crippen LogP contribution in [0.25, 0.3) is 10.9 Å². The number of aromatic nitrogens is 1. The lowest BCUT2D eigenvalue weighted by molar-refractivity contribution is 0.0526. The minimum Gasteiger partial charge on any atom is -0.493 e. The second-order valence-corrected chi connectivity index (χ2v) is 7.72. The number of aromatic hydroxyl groups is 1. The summed E-state index contributed by atoms with van der Waals surface area (Å²) in [6.45, 7) is 2.38. The second-order valence-electron chi connectivity index (χ2n) is 7.33. The number of fused-ring (bicyclic) bond motifs is 1. The molecule has 0 unspecified atom stereocenters. The average molecular weight is 477 g/mol. The van der Waals surface area contributed by atoms with Crippen LogP contribution in [-0.2, 0) is 11.3 Å². The number of anilines is 1. The lowest BCUT2D eigenvalue weighted by atomic mass is 10.2. The summed E-state index contributed by atoms with van der Waals surface area (Å²) in [7, 11) is 0. The molecule has 9 heteroatoms. The Morgan fingerprint density at radius 2 is 1.79 bits per heavy atom. The van der Waals surface area contributed by atoms with Gasteiger partial charge >= 0.3 is 5.97 Å². The number of halogens is 1. The molecule has 0 aliphatic carbocycles. The number of azo groups is 1. The van der Waals surface area contributed by atoms with Crippen LogP contribution in [0.4, 0.5) is 15.8 Å². The summed E-state index contributed by atoms with van der Waals surface area (Å²) in [5.74, 6) is -0.795. The Hall–Kier alpha value is -4.11. The Bertz CT molecular complexity index is 1370. The molecule has 172 valence electrons. The monoisotopic (exact) mass is 476 g/mol. The van der Waals surface area contributed by atoms with E-state index in [2.05, 4.69) is 15.5 Å².